The van der Waals surface area contributed by atoms with Crippen LogP contribution in [0, 0.1) is 0 Å². The molecule has 6 nitrogen and oxygen atoms in total. The number of aromatic nitrogens is 2. The third-order valence-corrected chi connectivity index (χ3v) is 4.28. The number of nitrogens with zero attached hydrogens (tertiary/aromatic N) is 3. The molecule has 1 aromatic carbocycles. The van der Waals surface area contributed by atoms with E-state index in [0.717, 1.165) is 22.3 Å². The fourth-order valence-corrected chi connectivity index (χ4v) is 2.97. The largest absolute Gasteiger partial charge is 0.494 e. The molecule has 23 heavy (non-hydrogen) atoms. The number of halogens is 1. The number of ether oxygens (including phenoxy) is 1. The average Bonchev–Trinajstić information content (AvgIpc) is 3.29. The van der Waals surface area contributed by atoms with Gasteiger partial charge in [0.25, 0.3) is 0 Å². The van der Waals surface area contributed by atoms with Crippen molar-refractivity contribution in [1.82, 2.24) is 15.0 Å². The first-order valence-corrected chi connectivity index (χ1v) is 8.65. The summed E-state index contributed by atoms with van der Waals surface area (Å²) in [7, 11) is 0. The summed E-state index contributed by atoms with van der Waals surface area (Å²) in [4.78, 5) is 6.68. The van der Waals surface area contributed by atoms with Crippen LogP contribution in [0.5, 0.6) is 5.75 Å². The molecular weight excluding hydrogens is 360 g/mol. The van der Waals surface area contributed by atoms with Crippen LogP contribution in [0.25, 0.3) is 0 Å². The maximum Gasteiger partial charge on any atom is 0.240 e. The average molecular weight is 381 g/mol. The maximum atomic E-state index is 5.75. The molecule has 1 aromatic heterocycles. The molecule has 1 heterocycles. The smallest absolute Gasteiger partial charge is 0.240 e. The summed E-state index contributed by atoms with van der Waals surface area (Å²) in [6.07, 6.45) is 2.42. The zero-order valence-electron chi connectivity index (χ0n) is 13.2. The van der Waals surface area contributed by atoms with E-state index in [1.54, 1.807) is 0 Å². The highest BCUT2D eigenvalue weighted by Gasteiger charge is 2.30. The Morgan fingerprint density at radius 3 is 2.87 bits per heavy atom. The van der Waals surface area contributed by atoms with E-state index < -0.39 is 0 Å². The molecule has 2 N–H and O–H groups in total. The van der Waals surface area contributed by atoms with Crippen molar-refractivity contribution in [2.75, 3.05) is 6.61 Å². The van der Waals surface area contributed by atoms with Gasteiger partial charge in [-0.3, -0.25) is 4.90 Å². The topological polar surface area (TPSA) is 77.4 Å². The van der Waals surface area contributed by atoms with Gasteiger partial charge in [0.2, 0.25) is 5.89 Å². The zero-order chi connectivity index (χ0) is 16.2. The molecule has 0 radical (unpaired) electrons. The minimum Gasteiger partial charge on any atom is -0.494 e. The van der Waals surface area contributed by atoms with Crippen LogP contribution in [-0.2, 0) is 19.6 Å². The number of hydrogen-bond donors (Lipinski definition) is 1. The number of rotatable bonds is 8. The fourth-order valence-electron chi connectivity index (χ4n) is 2.56. The number of nitrogens with two attached hydrogens (primary N) is 1. The minimum absolute atomic E-state index is 0.274. The minimum atomic E-state index is 0.274. The molecule has 1 saturated carbocycles. The van der Waals surface area contributed by atoms with Gasteiger partial charge in [0.1, 0.15) is 5.75 Å². The predicted molar refractivity (Wildman–Crippen MR) is 89.8 cm³/mol. The summed E-state index contributed by atoms with van der Waals surface area (Å²) >= 11 is 3.54. The Labute approximate surface area is 144 Å². The Kier molecular flexibility index (Phi) is 5.30. The second-order valence-electron chi connectivity index (χ2n) is 5.63. The van der Waals surface area contributed by atoms with Crippen molar-refractivity contribution in [2.45, 2.75) is 45.4 Å². The molecule has 7 heteroatoms. The second kappa shape index (κ2) is 7.42. The van der Waals surface area contributed by atoms with Crippen LogP contribution in [0.3, 0.4) is 0 Å². The number of hydrogen-bond acceptors (Lipinski definition) is 6. The van der Waals surface area contributed by atoms with E-state index in [4.69, 9.17) is 15.0 Å². The SMILES string of the molecule is CCOc1ccc(Br)cc1CN(Cc1noc(CN)n1)C1CC1. The Balaban J connectivity index is 1.76. The van der Waals surface area contributed by atoms with E-state index in [0.29, 0.717) is 30.9 Å². The highest BCUT2D eigenvalue weighted by atomic mass is 79.9. The number of benzene rings is 1. The zero-order valence-corrected chi connectivity index (χ0v) is 14.8. The molecule has 1 aliphatic rings. The highest BCUT2D eigenvalue weighted by Crippen LogP contribution is 2.32. The molecule has 1 fully saturated rings. The van der Waals surface area contributed by atoms with Crippen LogP contribution < -0.4 is 10.5 Å². The Morgan fingerprint density at radius 1 is 1.39 bits per heavy atom. The lowest BCUT2D eigenvalue weighted by Gasteiger charge is -2.22. The maximum absolute atomic E-state index is 5.75. The third kappa shape index (κ3) is 4.31. The van der Waals surface area contributed by atoms with Crippen molar-refractivity contribution < 1.29 is 9.26 Å². The fraction of sp³-hybridized carbons (Fsp3) is 0.500. The first-order chi connectivity index (χ1) is 11.2. The molecule has 0 spiro atoms. The Hall–Kier alpha value is -1.44. The highest BCUT2D eigenvalue weighted by molar-refractivity contribution is 9.10. The quantitative estimate of drug-likeness (QED) is 0.758. The summed E-state index contributed by atoms with van der Waals surface area (Å²) in [6, 6.07) is 6.70. The van der Waals surface area contributed by atoms with Gasteiger partial charge in [0, 0.05) is 22.6 Å². The normalized spacial score (nSPS) is 14.4. The summed E-state index contributed by atoms with van der Waals surface area (Å²) < 4.78 is 11.9. The van der Waals surface area contributed by atoms with E-state index in [9.17, 15) is 0 Å². The summed E-state index contributed by atoms with van der Waals surface area (Å²) in [6.45, 7) is 4.38. The first-order valence-electron chi connectivity index (χ1n) is 7.86. The van der Waals surface area contributed by atoms with Crippen molar-refractivity contribution in [3.05, 3.63) is 40.0 Å². The van der Waals surface area contributed by atoms with Crippen LogP contribution in [0.1, 0.15) is 37.0 Å². The lowest BCUT2D eigenvalue weighted by molar-refractivity contribution is 0.229. The van der Waals surface area contributed by atoms with Crippen LogP contribution in [0.4, 0.5) is 0 Å². The van der Waals surface area contributed by atoms with Crippen molar-refractivity contribution in [3.8, 4) is 5.75 Å². The summed E-state index contributed by atoms with van der Waals surface area (Å²) in [5.74, 6) is 2.09. The van der Waals surface area contributed by atoms with E-state index in [-0.39, 0.29) is 6.54 Å². The van der Waals surface area contributed by atoms with E-state index in [1.165, 1.54) is 12.8 Å². The molecule has 0 saturated heterocycles. The van der Waals surface area contributed by atoms with Crippen molar-refractivity contribution in [1.29, 1.82) is 0 Å². The van der Waals surface area contributed by atoms with E-state index in [1.807, 2.05) is 19.1 Å². The van der Waals surface area contributed by atoms with Gasteiger partial charge in [-0.15, -0.1) is 0 Å². The van der Waals surface area contributed by atoms with Crippen molar-refractivity contribution in [2.24, 2.45) is 5.73 Å². The molecule has 1 aliphatic carbocycles. The molecule has 3 rings (SSSR count). The first kappa shape index (κ1) is 16.4. The van der Waals surface area contributed by atoms with Gasteiger partial charge < -0.3 is 15.0 Å². The van der Waals surface area contributed by atoms with Crippen molar-refractivity contribution >= 4 is 15.9 Å². The lowest BCUT2D eigenvalue weighted by atomic mass is 10.2. The van der Waals surface area contributed by atoms with Gasteiger partial charge in [-0.05, 0) is 38.0 Å². The van der Waals surface area contributed by atoms with Crippen LogP contribution in [-0.4, -0.2) is 27.7 Å². The van der Waals surface area contributed by atoms with E-state index in [2.05, 4.69) is 37.0 Å². The molecule has 0 aliphatic heterocycles. The molecule has 0 bridgehead atoms. The van der Waals surface area contributed by atoms with Crippen LogP contribution in [0.15, 0.2) is 27.2 Å². The third-order valence-electron chi connectivity index (χ3n) is 3.79. The Bertz CT molecular complexity index is 657. The summed E-state index contributed by atoms with van der Waals surface area (Å²) in [5, 5.41) is 4.01. The Morgan fingerprint density at radius 2 is 2.22 bits per heavy atom. The van der Waals surface area contributed by atoms with Gasteiger partial charge >= 0.3 is 0 Å². The van der Waals surface area contributed by atoms with Gasteiger partial charge in [0.05, 0.1) is 19.7 Å². The van der Waals surface area contributed by atoms with Crippen LogP contribution >= 0.6 is 15.9 Å². The van der Waals surface area contributed by atoms with Crippen LogP contribution in [0.2, 0.25) is 0 Å². The molecule has 124 valence electrons. The van der Waals surface area contributed by atoms with E-state index >= 15 is 0 Å². The van der Waals surface area contributed by atoms with Gasteiger partial charge in [0.15, 0.2) is 5.82 Å². The molecule has 0 unspecified atom stereocenters. The molecule has 2 aromatic rings. The molecular formula is C16H21BrN4O2. The van der Waals surface area contributed by atoms with Crippen molar-refractivity contribution in [3.63, 3.8) is 0 Å². The van der Waals surface area contributed by atoms with Gasteiger partial charge in [-0.1, -0.05) is 21.1 Å². The predicted octanol–water partition coefficient (Wildman–Crippen LogP) is 2.85. The second-order valence-corrected chi connectivity index (χ2v) is 6.55. The van der Waals surface area contributed by atoms with Gasteiger partial charge in [-0.25, -0.2) is 0 Å². The summed E-state index contributed by atoms with van der Waals surface area (Å²) in [5.41, 5.74) is 6.69. The van der Waals surface area contributed by atoms with Gasteiger partial charge in [-0.2, -0.15) is 4.98 Å². The standard InChI is InChI=1S/C16H21BrN4O2/c1-2-22-14-6-3-12(17)7-11(14)9-21(13-4-5-13)10-15-19-16(8-18)23-20-15/h3,6-7,13H,2,4-5,8-10,18H2,1H3. The monoisotopic (exact) mass is 380 g/mol. The lowest BCUT2D eigenvalue weighted by Crippen LogP contribution is -2.26. The molecule has 0 atom stereocenters. The molecule has 0 amide bonds.